The minimum absolute atomic E-state index is 0.127. The smallest absolute Gasteiger partial charge is 0.358 e. The maximum absolute atomic E-state index is 13.9. The SMILES string of the molecule is Cc1oc(C(Cc2cn(C)c3ccccc23)NC(=O)C(CC(C)C)NC(=O)N2CCCC3CCCCC32)nc1C(=O)O. The van der Waals surface area contributed by atoms with Crippen molar-refractivity contribution in [2.45, 2.75) is 90.3 Å². The molecule has 3 heterocycles. The van der Waals surface area contributed by atoms with Gasteiger partial charge in [0.05, 0.1) is 0 Å². The third-order valence-electron chi connectivity index (χ3n) is 8.86. The minimum atomic E-state index is -1.19. The Kier molecular flexibility index (Phi) is 8.89. The normalized spacial score (nSPS) is 20.3. The fourth-order valence-corrected chi connectivity index (χ4v) is 6.86. The Morgan fingerprint density at radius 3 is 2.57 bits per heavy atom. The molecule has 42 heavy (non-hydrogen) atoms. The number of hydrogen-bond acceptors (Lipinski definition) is 5. The van der Waals surface area contributed by atoms with Gasteiger partial charge in [-0.3, -0.25) is 4.79 Å². The number of benzene rings is 1. The Morgan fingerprint density at radius 1 is 1.10 bits per heavy atom. The average molecular weight is 578 g/mol. The number of fused-ring (bicyclic) bond motifs is 2. The Labute approximate surface area is 246 Å². The predicted octanol–water partition coefficient (Wildman–Crippen LogP) is 5.35. The number of aromatic carboxylic acids is 1. The van der Waals surface area contributed by atoms with Gasteiger partial charge in [-0.25, -0.2) is 14.6 Å². The number of carbonyl (C=O) groups is 3. The molecule has 2 aromatic heterocycles. The second-order valence-electron chi connectivity index (χ2n) is 12.4. The molecular formula is C32H43N5O5. The number of urea groups is 1. The van der Waals surface area contributed by atoms with Crippen LogP contribution in [0.15, 0.2) is 34.9 Å². The molecule has 3 amide bonds. The van der Waals surface area contributed by atoms with E-state index in [4.69, 9.17) is 4.42 Å². The van der Waals surface area contributed by atoms with Crippen molar-refractivity contribution in [3.8, 4) is 0 Å². The van der Waals surface area contributed by atoms with Gasteiger partial charge < -0.3 is 29.6 Å². The molecule has 4 unspecified atom stereocenters. The molecule has 3 aromatic rings. The highest BCUT2D eigenvalue weighted by atomic mass is 16.4. The van der Waals surface area contributed by atoms with Crippen molar-refractivity contribution in [1.82, 2.24) is 25.1 Å². The maximum Gasteiger partial charge on any atom is 0.358 e. The van der Waals surface area contributed by atoms with E-state index in [0.717, 1.165) is 48.6 Å². The summed E-state index contributed by atoms with van der Waals surface area (Å²) in [4.78, 5) is 45.5. The van der Waals surface area contributed by atoms with E-state index in [1.165, 1.54) is 6.42 Å². The number of oxazole rings is 1. The first-order chi connectivity index (χ1) is 20.1. The fraction of sp³-hybridized carbons (Fsp3) is 0.562. The first-order valence-electron chi connectivity index (χ1n) is 15.2. The molecule has 0 spiro atoms. The molecule has 10 heteroatoms. The van der Waals surface area contributed by atoms with E-state index in [-0.39, 0.29) is 41.2 Å². The first kappa shape index (κ1) is 29.7. The van der Waals surface area contributed by atoms with E-state index in [2.05, 4.69) is 15.6 Å². The van der Waals surface area contributed by atoms with Gasteiger partial charge in [0.15, 0.2) is 5.69 Å². The molecule has 0 radical (unpaired) electrons. The van der Waals surface area contributed by atoms with Crippen LogP contribution in [0.1, 0.15) is 92.5 Å². The van der Waals surface area contributed by atoms with E-state index >= 15 is 0 Å². The zero-order valence-electron chi connectivity index (χ0n) is 25.1. The number of carboxylic acids is 1. The summed E-state index contributed by atoms with van der Waals surface area (Å²) in [7, 11) is 1.96. The molecule has 0 bridgehead atoms. The molecule has 3 N–H and O–H groups in total. The number of likely N-dealkylation sites (tertiary alicyclic amines) is 1. The van der Waals surface area contributed by atoms with Crippen LogP contribution >= 0.6 is 0 Å². The van der Waals surface area contributed by atoms with E-state index in [0.29, 0.717) is 25.3 Å². The lowest BCUT2D eigenvalue weighted by Crippen LogP contribution is -2.57. The van der Waals surface area contributed by atoms with Crippen LogP contribution in [0.25, 0.3) is 10.9 Å². The van der Waals surface area contributed by atoms with Crippen molar-refractivity contribution in [2.24, 2.45) is 18.9 Å². The molecule has 5 rings (SSSR count). The summed E-state index contributed by atoms with van der Waals surface area (Å²) in [5.74, 6) is -0.533. The minimum Gasteiger partial charge on any atom is -0.476 e. The molecule has 226 valence electrons. The fourth-order valence-electron chi connectivity index (χ4n) is 6.86. The van der Waals surface area contributed by atoms with E-state index in [1.807, 2.05) is 60.8 Å². The summed E-state index contributed by atoms with van der Waals surface area (Å²) in [6.07, 6.45) is 9.47. The third-order valence-corrected chi connectivity index (χ3v) is 8.86. The number of rotatable bonds is 9. The van der Waals surface area contributed by atoms with Gasteiger partial charge in [-0.2, -0.15) is 0 Å². The number of aromatic nitrogens is 2. The monoisotopic (exact) mass is 577 g/mol. The number of piperidine rings is 1. The van der Waals surface area contributed by atoms with Crippen LogP contribution in [-0.4, -0.2) is 56.1 Å². The summed E-state index contributed by atoms with van der Waals surface area (Å²) in [5, 5.41) is 16.8. The Bertz CT molecular complexity index is 1440. The molecule has 1 aliphatic carbocycles. The lowest BCUT2D eigenvalue weighted by atomic mass is 9.78. The van der Waals surface area contributed by atoms with Gasteiger partial charge >= 0.3 is 12.0 Å². The molecule has 10 nitrogen and oxygen atoms in total. The van der Waals surface area contributed by atoms with Gasteiger partial charge in [0.1, 0.15) is 17.8 Å². The van der Waals surface area contributed by atoms with Gasteiger partial charge in [-0.05, 0) is 62.5 Å². The van der Waals surface area contributed by atoms with Gasteiger partial charge in [-0.15, -0.1) is 0 Å². The number of nitrogens with zero attached hydrogens (tertiary/aromatic N) is 3. The standard InChI is InChI=1S/C32H43N5O5/c1-19(2)16-24(34-32(41)37-15-9-11-21-10-5-7-13-26(21)37)29(38)33-25(30-35-28(31(39)40)20(3)42-30)17-22-18-36(4)27-14-8-6-12-23(22)27/h6,8,12,14,18-19,21,24-26H,5,7,9-11,13,15-17H2,1-4H3,(H,33,38)(H,34,41)(H,39,40). The highest BCUT2D eigenvalue weighted by Crippen LogP contribution is 2.35. The van der Waals surface area contributed by atoms with E-state index in [9.17, 15) is 19.5 Å². The number of carboxylic acid groups (broad SMARTS) is 1. The summed E-state index contributed by atoms with van der Waals surface area (Å²) < 4.78 is 7.84. The quantitative estimate of drug-likeness (QED) is 0.314. The topological polar surface area (TPSA) is 130 Å². The number of amides is 3. The molecule has 1 saturated heterocycles. The largest absolute Gasteiger partial charge is 0.476 e. The molecule has 1 saturated carbocycles. The van der Waals surface area contributed by atoms with E-state index in [1.54, 1.807) is 6.92 Å². The van der Waals surface area contributed by atoms with Gasteiger partial charge in [0.25, 0.3) is 0 Å². The number of carbonyl (C=O) groups excluding carboxylic acids is 2. The van der Waals surface area contributed by atoms with Crippen molar-refractivity contribution in [3.63, 3.8) is 0 Å². The van der Waals surface area contributed by atoms with Crippen molar-refractivity contribution in [3.05, 3.63) is 53.4 Å². The Hall–Kier alpha value is -3.82. The van der Waals surface area contributed by atoms with Crippen LogP contribution in [0.3, 0.4) is 0 Å². The number of hydrogen-bond donors (Lipinski definition) is 3. The van der Waals surface area contributed by atoms with Crippen LogP contribution in [0, 0.1) is 18.8 Å². The molecular weight excluding hydrogens is 534 g/mol. The van der Waals surface area contributed by atoms with Crippen molar-refractivity contribution >= 4 is 28.8 Å². The molecule has 1 aliphatic heterocycles. The lowest BCUT2D eigenvalue weighted by molar-refractivity contribution is -0.124. The average Bonchev–Trinajstić information content (AvgIpc) is 3.51. The molecule has 4 atom stereocenters. The Morgan fingerprint density at radius 2 is 1.83 bits per heavy atom. The van der Waals surface area contributed by atoms with Gasteiger partial charge in [0.2, 0.25) is 11.8 Å². The highest BCUT2D eigenvalue weighted by molar-refractivity contribution is 5.88. The van der Waals surface area contributed by atoms with Gasteiger partial charge in [-0.1, -0.05) is 44.9 Å². The van der Waals surface area contributed by atoms with E-state index < -0.39 is 18.1 Å². The van der Waals surface area contributed by atoms with Crippen LogP contribution in [-0.2, 0) is 18.3 Å². The molecule has 1 aromatic carbocycles. The summed E-state index contributed by atoms with van der Waals surface area (Å²) in [6.45, 7) is 6.30. The van der Waals surface area contributed by atoms with Gasteiger partial charge in [0, 0.05) is 43.2 Å². The zero-order valence-corrected chi connectivity index (χ0v) is 25.1. The van der Waals surface area contributed by atoms with Crippen LogP contribution in [0.2, 0.25) is 0 Å². The highest BCUT2D eigenvalue weighted by Gasteiger charge is 2.37. The second kappa shape index (κ2) is 12.6. The molecule has 2 aliphatic rings. The van der Waals surface area contributed by atoms with Crippen molar-refractivity contribution in [1.29, 1.82) is 0 Å². The summed E-state index contributed by atoms with van der Waals surface area (Å²) >= 11 is 0. The Balaban J connectivity index is 1.40. The zero-order chi connectivity index (χ0) is 30.0. The second-order valence-corrected chi connectivity index (χ2v) is 12.4. The number of nitrogens with one attached hydrogen (secondary N) is 2. The van der Waals surface area contributed by atoms with Crippen molar-refractivity contribution < 1.29 is 23.9 Å². The summed E-state index contributed by atoms with van der Waals surface area (Å²) in [5.41, 5.74) is 1.83. The number of aryl methyl sites for hydroxylation is 2. The van der Waals surface area contributed by atoms with Crippen molar-refractivity contribution in [2.75, 3.05) is 6.54 Å². The van der Waals surface area contributed by atoms with Crippen LogP contribution in [0.5, 0.6) is 0 Å². The molecule has 2 fully saturated rings. The van der Waals surface area contributed by atoms with Crippen LogP contribution < -0.4 is 10.6 Å². The third kappa shape index (κ3) is 6.32. The maximum atomic E-state index is 13.9. The predicted molar refractivity (Wildman–Crippen MR) is 159 cm³/mol. The van der Waals surface area contributed by atoms with Crippen LogP contribution in [0.4, 0.5) is 4.79 Å². The summed E-state index contributed by atoms with van der Waals surface area (Å²) in [6, 6.07) is 6.53. The lowest BCUT2D eigenvalue weighted by Gasteiger charge is -2.44. The number of para-hydroxylation sites is 1. The first-order valence-corrected chi connectivity index (χ1v) is 15.2.